The van der Waals surface area contributed by atoms with Gasteiger partial charge in [0, 0.05) is 33.2 Å². The first-order chi connectivity index (χ1) is 18.9. The van der Waals surface area contributed by atoms with Crippen LogP contribution < -0.4 is 5.32 Å². The maximum absolute atomic E-state index is 14.0. The summed E-state index contributed by atoms with van der Waals surface area (Å²) in [6.45, 7) is 2.86. The van der Waals surface area contributed by atoms with Gasteiger partial charge in [-0.1, -0.05) is 72.8 Å². The largest absolute Gasteiger partial charge is 0.453 e. The van der Waals surface area contributed by atoms with E-state index in [1.54, 1.807) is 17.0 Å². The van der Waals surface area contributed by atoms with Crippen LogP contribution in [0.1, 0.15) is 36.0 Å². The van der Waals surface area contributed by atoms with Crippen molar-refractivity contribution < 1.29 is 18.7 Å². The van der Waals surface area contributed by atoms with Crippen molar-refractivity contribution >= 4 is 12.0 Å². The number of piperidine rings is 1. The third-order valence-electron chi connectivity index (χ3n) is 8.50. The lowest BCUT2D eigenvalue weighted by molar-refractivity contribution is -0.133. The van der Waals surface area contributed by atoms with Gasteiger partial charge >= 0.3 is 6.09 Å². The summed E-state index contributed by atoms with van der Waals surface area (Å²) in [5.41, 5.74) is 2.00. The van der Waals surface area contributed by atoms with E-state index in [0.717, 1.165) is 55.6 Å². The van der Waals surface area contributed by atoms with Gasteiger partial charge in [-0.25, -0.2) is 9.18 Å². The molecule has 7 heteroatoms. The number of nitrogens with zero attached hydrogens (tertiary/aromatic N) is 2. The van der Waals surface area contributed by atoms with Gasteiger partial charge in [0.25, 0.3) is 0 Å². The van der Waals surface area contributed by atoms with Gasteiger partial charge < -0.3 is 19.9 Å². The molecule has 2 fully saturated rings. The normalized spacial score (nSPS) is 22.1. The minimum absolute atomic E-state index is 0.103. The number of alkyl carbamates (subject to hydrolysis) is 1. The number of amides is 2. The number of nitrogens with one attached hydrogen (secondary N) is 1. The molecule has 1 aliphatic carbocycles. The van der Waals surface area contributed by atoms with Crippen molar-refractivity contribution in [3.63, 3.8) is 0 Å². The SMILES string of the molecule is COC(=O)NC1(c2ccccc2)CCN(CC2CC2(C(=O)N(C)Cc2ccc(F)cc2)c2ccccc2)CC1. The summed E-state index contributed by atoms with van der Waals surface area (Å²) in [5.74, 6) is 0.0160. The highest BCUT2D eigenvalue weighted by Crippen LogP contribution is 2.56. The molecule has 39 heavy (non-hydrogen) atoms. The summed E-state index contributed by atoms with van der Waals surface area (Å²) in [4.78, 5) is 30.4. The van der Waals surface area contributed by atoms with Crippen LogP contribution in [0.4, 0.5) is 9.18 Å². The Morgan fingerprint density at radius 2 is 1.54 bits per heavy atom. The van der Waals surface area contributed by atoms with E-state index in [2.05, 4.69) is 34.5 Å². The molecule has 0 radical (unpaired) electrons. The molecule has 2 amide bonds. The molecule has 0 bridgehead atoms. The molecular weight excluding hydrogens is 493 g/mol. The summed E-state index contributed by atoms with van der Waals surface area (Å²) in [7, 11) is 3.23. The summed E-state index contributed by atoms with van der Waals surface area (Å²) in [5, 5.41) is 3.12. The molecule has 0 spiro atoms. The van der Waals surface area contributed by atoms with Gasteiger partial charge in [0.15, 0.2) is 0 Å². The van der Waals surface area contributed by atoms with E-state index >= 15 is 0 Å². The second-order valence-corrected chi connectivity index (χ2v) is 10.9. The Balaban J connectivity index is 1.30. The van der Waals surface area contributed by atoms with Crippen LogP contribution in [0.25, 0.3) is 0 Å². The molecular formula is C32H36FN3O3. The molecule has 2 aliphatic rings. The van der Waals surface area contributed by atoms with Crippen molar-refractivity contribution in [1.82, 2.24) is 15.1 Å². The van der Waals surface area contributed by atoms with Gasteiger partial charge in [0.1, 0.15) is 5.82 Å². The maximum atomic E-state index is 14.0. The minimum Gasteiger partial charge on any atom is -0.453 e. The molecule has 6 nitrogen and oxygen atoms in total. The lowest BCUT2D eigenvalue weighted by Gasteiger charge is -2.42. The van der Waals surface area contributed by atoms with Gasteiger partial charge in [-0.05, 0) is 54.0 Å². The Kier molecular flexibility index (Phi) is 7.71. The number of carbonyl (C=O) groups is 2. The van der Waals surface area contributed by atoms with Crippen molar-refractivity contribution in [3.8, 4) is 0 Å². The molecule has 5 rings (SSSR count). The van der Waals surface area contributed by atoms with Crippen LogP contribution in [0.3, 0.4) is 0 Å². The third-order valence-corrected chi connectivity index (χ3v) is 8.50. The van der Waals surface area contributed by atoms with E-state index in [1.165, 1.54) is 19.2 Å². The van der Waals surface area contributed by atoms with E-state index in [-0.39, 0.29) is 17.6 Å². The number of carbonyl (C=O) groups excluding carboxylic acids is 2. The van der Waals surface area contributed by atoms with Crippen molar-refractivity contribution in [1.29, 1.82) is 0 Å². The smallest absolute Gasteiger partial charge is 0.407 e. The van der Waals surface area contributed by atoms with Crippen LogP contribution >= 0.6 is 0 Å². The summed E-state index contributed by atoms with van der Waals surface area (Å²) < 4.78 is 18.3. The molecule has 1 saturated carbocycles. The Morgan fingerprint density at radius 1 is 0.949 bits per heavy atom. The Hall–Kier alpha value is -3.71. The average molecular weight is 530 g/mol. The average Bonchev–Trinajstić information content (AvgIpc) is 3.70. The lowest BCUT2D eigenvalue weighted by atomic mass is 9.80. The highest BCUT2D eigenvalue weighted by molar-refractivity contribution is 5.92. The van der Waals surface area contributed by atoms with E-state index in [4.69, 9.17) is 4.74 Å². The number of methoxy groups -OCH3 is 1. The lowest BCUT2D eigenvalue weighted by Crippen LogP contribution is -2.53. The van der Waals surface area contributed by atoms with E-state index in [9.17, 15) is 14.0 Å². The topological polar surface area (TPSA) is 61.9 Å². The van der Waals surface area contributed by atoms with Crippen molar-refractivity contribution in [3.05, 3.63) is 107 Å². The van der Waals surface area contributed by atoms with Crippen LogP contribution in [0.15, 0.2) is 84.9 Å². The van der Waals surface area contributed by atoms with Crippen LogP contribution in [0.5, 0.6) is 0 Å². The second-order valence-electron chi connectivity index (χ2n) is 10.9. The van der Waals surface area contributed by atoms with Crippen LogP contribution in [-0.2, 0) is 27.0 Å². The molecule has 2 unspecified atom stereocenters. The Morgan fingerprint density at radius 3 is 2.13 bits per heavy atom. The van der Waals surface area contributed by atoms with E-state index < -0.39 is 17.0 Å². The standard InChI is InChI=1S/C32H36FN3O3/c1-35(22-24-13-15-28(33)16-14-24)29(37)32(26-11-7-4-8-12-26)21-27(32)23-36-19-17-31(18-20-36,34-30(38)39-2)25-9-5-3-6-10-25/h3-16,27H,17-23H2,1-2H3,(H,34,38). The molecule has 1 N–H and O–H groups in total. The first-order valence-corrected chi connectivity index (χ1v) is 13.6. The molecule has 3 aromatic rings. The number of likely N-dealkylation sites (tertiary alicyclic amines) is 1. The monoisotopic (exact) mass is 529 g/mol. The predicted octanol–water partition coefficient (Wildman–Crippen LogP) is 5.09. The zero-order chi connectivity index (χ0) is 27.5. The molecule has 1 heterocycles. The number of benzene rings is 3. The number of hydrogen-bond donors (Lipinski definition) is 1. The summed E-state index contributed by atoms with van der Waals surface area (Å²) >= 11 is 0. The van der Waals surface area contributed by atoms with Gasteiger partial charge in [-0.2, -0.15) is 0 Å². The first kappa shape index (κ1) is 26.9. The summed E-state index contributed by atoms with van der Waals surface area (Å²) in [6, 6.07) is 26.5. The number of hydrogen-bond acceptors (Lipinski definition) is 4. The zero-order valence-corrected chi connectivity index (χ0v) is 22.6. The highest BCUT2D eigenvalue weighted by atomic mass is 19.1. The van der Waals surface area contributed by atoms with Crippen molar-refractivity contribution in [2.45, 2.75) is 36.8 Å². The Bertz CT molecular complexity index is 1280. The van der Waals surface area contributed by atoms with Crippen LogP contribution in [-0.4, -0.2) is 55.6 Å². The van der Waals surface area contributed by atoms with Crippen LogP contribution in [0.2, 0.25) is 0 Å². The van der Waals surface area contributed by atoms with Gasteiger partial charge in [0.05, 0.1) is 18.1 Å². The van der Waals surface area contributed by atoms with Gasteiger partial charge in [0.2, 0.25) is 5.91 Å². The molecule has 1 saturated heterocycles. The summed E-state index contributed by atoms with van der Waals surface area (Å²) in [6.07, 6.45) is 1.89. The first-order valence-electron chi connectivity index (χ1n) is 13.6. The number of likely N-dealkylation sites (N-methyl/N-ethyl adjacent to an activating group) is 1. The minimum atomic E-state index is -0.561. The predicted molar refractivity (Wildman–Crippen MR) is 148 cm³/mol. The highest BCUT2D eigenvalue weighted by Gasteiger charge is 2.62. The van der Waals surface area contributed by atoms with Crippen LogP contribution in [0, 0.1) is 11.7 Å². The molecule has 0 aromatic heterocycles. The molecule has 3 aromatic carbocycles. The fourth-order valence-electron chi connectivity index (χ4n) is 6.22. The van der Waals surface area contributed by atoms with E-state index in [0.29, 0.717) is 6.54 Å². The van der Waals surface area contributed by atoms with Gasteiger partial charge in [-0.3, -0.25) is 4.79 Å². The molecule has 204 valence electrons. The number of rotatable bonds is 8. The van der Waals surface area contributed by atoms with Gasteiger partial charge in [-0.15, -0.1) is 0 Å². The Labute approximate surface area is 229 Å². The number of halogens is 1. The molecule has 2 atom stereocenters. The second kappa shape index (κ2) is 11.2. The fraction of sp³-hybridized carbons (Fsp3) is 0.375. The van der Waals surface area contributed by atoms with Crippen molar-refractivity contribution in [2.75, 3.05) is 33.8 Å². The van der Waals surface area contributed by atoms with E-state index in [1.807, 2.05) is 43.4 Å². The fourth-order valence-corrected chi connectivity index (χ4v) is 6.22. The molecule has 1 aliphatic heterocycles. The zero-order valence-electron chi connectivity index (χ0n) is 22.6. The quantitative estimate of drug-likeness (QED) is 0.442. The number of ether oxygens (including phenoxy) is 1. The van der Waals surface area contributed by atoms with Crippen molar-refractivity contribution in [2.24, 2.45) is 5.92 Å². The maximum Gasteiger partial charge on any atom is 0.407 e. The third kappa shape index (κ3) is 5.55.